The number of hydrogen-bond acceptors (Lipinski definition) is 38. The quantitative estimate of drug-likeness (QED) is 0.0115. The molecule has 45 nitrogen and oxygen atoms in total. The van der Waals surface area contributed by atoms with E-state index in [4.69, 9.17) is 99.5 Å². The fourth-order valence-electron chi connectivity index (χ4n) is 11.7. The number of ether oxygens (including phenoxy) is 21. The van der Waals surface area contributed by atoms with Crippen LogP contribution in [-0.4, -0.2) is 330 Å². The number of nitrogens with one attached hydrogen (secondary N) is 6. The SMILES string of the molecule is CC(=O)NC1C(OCCOCCOCCNC(=O)CCC(CCC(=O)NCCOCCOCCOC2OC(COC(C)=O)C(OC(C)=O)C(OC(C)=O)C2NC(C)=O)(CCC(=O)NCCOCCOCCOC2OC(COC(C)=O)C(OC(C)=O)C(OC(C)=O)C2NC(C)=O)[N+](=O)[O-])OC(COC(C)=O)C(OC(C)=O)C1OC(C)=O. The summed E-state index contributed by atoms with van der Waals surface area (Å²) in [6.45, 7) is 11.6. The molecule has 654 valence electrons. The lowest BCUT2D eigenvalue weighted by Crippen LogP contribution is -2.66. The van der Waals surface area contributed by atoms with Crippen LogP contribution in [0.1, 0.15) is 122 Å². The number of amides is 6. The van der Waals surface area contributed by atoms with Crippen molar-refractivity contribution in [3.63, 3.8) is 0 Å². The molecule has 15 unspecified atom stereocenters. The highest BCUT2D eigenvalue weighted by Crippen LogP contribution is 2.33. The molecule has 115 heavy (non-hydrogen) atoms. The van der Waals surface area contributed by atoms with E-state index in [1.165, 1.54) is 20.8 Å². The molecule has 6 N–H and O–H groups in total. The van der Waals surface area contributed by atoms with Gasteiger partial charge in [-0.2, -0.15) is 0 Å². The Bertz CT molecular complexity index is 2840. The van der Waals surface area contributed by atoms with Crippen LogP contribution in [-0.2, 0) is 171 Å². The maximum Gasteiger partial charge on any atom is 0.303 e. The van der Waals surface area contributed by atoms with Crippen LogP contribution < -0.4 is 31.9 Å². The van der Waals surface area contributed by atoms with Gasteiger partial charge < -0.3 is 131 Å². The molecule has 0 aromatic rings. The van der Waals surface area contributed by atoms with Crippen LogP contribution >= 0.6 is 0 Å². The summed E-state index contributed by atoms with van der Waals surface area (Å²) < 4.78 is 117. The fraction of sp³-hybridized carbons (Fsp3) is 0.786. The Hall–Kier alpha value is -9.03. The van der Waals surface area contributed by atoms with Crippen LogP contribution in [0.5, 0.6) is 0 Å². The van der Waals surface area contributed by atoms with Crippen LogP contribution in [0.15, 0.2) is 0 Å². The predicted molar refractivity (Wildman–Crippen MR) is 381 cm³/mol. The molecule has 45 heteroatoms. The van der Waals surface area contributed by atoms with Gasteiger partial charge in [0.1, 0.15) is 56.3 Å². The molecule has 0 aromatic heterocycles. The number of esters is 9. The van der Waals surface area contributed by atoms with E-state index in [-0.39, 0.29) is 119 Å². The molecular formula is C70H111N7O38. The molecule has 3 heterocycles. The van der Waals surface area contributed by atoms with E-state index >= 15 is 0 Å². The first-order valence-corrected chi connectivity index (χ1v) is 37.0. The second-order valence-electron chi connectivity index (χ2n) is 26.0. The molecular weight excluding hydrogens is 1550 g/mol. The summed E-state index contributed by atoms with van der Waals surface area (Å²) in [6, 6.07) is -3.60. The second kappa shape index (κ2) is 54.7. The van der Waals surface area contributed by atoms with Crippen LogP contribution in [0.25, 0.3) is 0 Å². The summed E-state index contributed by atoms with van der Waals surface area (Å²) in [6.07, 6.45) is -17.9. The standard InChI is InChI=1S/C70H111N7O38/c1-40(78)74-58-64(110-49(10)87)61(107-46(7)84)52(37-104-43(4)81)113-67(58)101-34-31-98-28-25-95-22-19-71-55(90)13-16-70(77(93)94,17-14-56(91)72-20-23-96-26-29-99-32-35-102-68-59(75-41(2)79)65(111-50(11)88)62(108-47(8)85)53(114-68)38-105-44(5)82)18-15-57(92)73-21-24-97-27-30-100-33-36-103-69-60(76-42(3)80)66(112-51(12)89)63(109-48(9)86)54(115-69)39-106-45(6)83/h52-54,58-69H,13-39H2,1-12H3,(H,71,90)(H,72,91)(H,73,92)(H,74,78)(H,75,79)(H,76,80). The summed E-state index contributed by atoms with van der Waals surface area (Å²) in [4.78, 5) is 197. The van der Waals surface area contributed by atoms with Gasteiger partial charge in [-0.05, 0) is 0 Å². The number of nitrogens with zero attached hydrogens (tertiary/aromatic N) is 1. The molecule has 3 aliphatic heterocycles. The van der Waals surface area contributed by atoms with Crippen molar-refractivity contribution in [3.8, 4) is 0 Å². The molecule has 0 saturated carbocycles. The lowest BCUT2D eigenvalue weighted by Gasteiger charge is -2.44. The summed E-state index contributed by atoms with van der Waals surface area (Å²) in [5.74, 6) is -10.3. The summed E-state index contributed by atoms with van der Waals surface area (Å²) in [5.41, 5.74) is -1.97. The smallest absolute Gasteiger partial charge is 0.303 e. The van der Waals surface area contributed by atoms with Crippen molar-refractivity contribution in [3.05, 3.63) is 10.1 Å². The third-order valence-electron chi connectivity index (χ3n) is 16.4. The van der Waals surface area contributed by atoms with Gasteiger partial charge in [0.25, 0.3) is 0 Å². The molecule has 0 aromatic carbocycles. The zero-order chi connectivity index (χ0) is 85.6. The van der Waals surface area contributed by atoms with E-state index in [0.717, 1.165) is 62.3 Å². The largest absolute Gasteiger partial charge is 0.463 e. The first kappa shape index (κ1) is 100. The maximum absolute atomic E-state index is 13.2. The Morgan fingerprint density at radius 2 is 0.530 bits per heavy atom. The molecule has 6 amide bonds. The molecule has 0 bridgehead atoms. The van der Waals surface area contributed by atoms with Gasteiger partial charge in [0.15, 0.2) is 55.5 Å². The number of hydrogen-bond donors (Lipinski definition) is 6. The minimum atomic E-state index is -1.97. The van der Waals surface area contributed by atoms with Gasteiger partial charge in [0.2, 0.25) is 41.0 Å². The highest BCUT2D eigenvalue weighted by molar-refractivity contribution is 5.78. The van der Waals surface area contributed by atoms with Crippen molar-refractivity contribution in [2.75, 3.05) is 139 Å². The fourth-order valence-corrected chi connectivity index (χ4v) is 11.7. The summed E-state index contributed by atoms with van der Waals surface area (Å²) in [7, 11) is 0. The Morgan fingerprint density at radius 1 is 0.313 bits per heavy atom. The summed E-state index contributed by atoms with van der Waals surface area (Å²) >= 11 is 0. The highest BCUT2D eigenvalue weighted by Gasteiger charge is 2.55. The molecule has 3 saturated heterocycles. The van der Waals surface area contributed by atoms with E-state index in [1.807, 2.05) is 0 Å². The lowest BCUT2D eigenvalue weighted by molar-refractivity contribution is -0.573. The third-order valence-corrected chi connectivity index (χ3v) is 16.4. The Labute approximate surface area is 663 Å². The summed E-state index contributed by atoms with van der Waals surface area (Å²) in [5, 5.41) is 28.7. The van der Waals surface area contributed by atoms with Crippen molar-refractivity contribution >= 4 is 89.2 Å². The van der Waals surface area contributed by atoms with Crippen molar-refractivity contribution in [2.45, 2.75) is 219 Å². The van der Waals surface area contributed by atoms with Crippen LogP contribution in [0.3, 0.4) is 0 Å². The monoisotopic (exact) mass is 1660 g/mol. The predicted octanol–water partition coefficient (Wildman–Crippen LogP) is -3.19. The molecule has 0 aliphatic carbocycles. The van der Waals surface area contributed by atoms with Gasteiger partial charge in [-0.25, -0.2) is 0 Å². The van der Waals surface area contributed by atoms with E-state index in [2.05, 4.69) is 31.9 Å². The molecule has 3 rings (SSSR count). The molecule has 15 atom stereocenters. The van der Waals surface area contributed by atoms with Gasteiger partial charge in [-0.3, -0.25) is 82.0 Å². The van der Waals surface area contributed by atoms with Gasteiger partial charge in [0, 0.05) is 146 Å². The van der Waals surface area contributed by atoms with E-state index in [0.29, 0.717) is 0 Å². The minimum Gasteiger partial charge on any atom is -0.463 e. The first-order chi connectivity index (χ1) is 54.5. The van der Waals surface area contributed by atoms with Crippen molar-refractivity contribution in [1.29, 1.82) is 0 Å². The lowest BCUT2D eigenvalue weighted by atomic mass is 9.84. The maximum atomic E-state index is 13.2. The Morgan fingerprint density at radius 3 is 0.739 bits per heavy atom. The first-order valence-electron chi connectivity index (χ1n) is 37.0. The van der Waals surface area contributed by atoms with Gasteiger partial charge in [-0.1, -0.05) is 0 Å². The van der Waals surface area contributed by atoms with Crippen molar-refractivity contribution in [2.24, 2.45) is 0 Å². The zero-order valence-corrected chi connectivity index (χ0v) is 66.7. The minimum absolute atomic E-state index is 0.0173. The molecule has 0 radical (unpaired) electrons. The van der Waals surface area contributed by atoms with Gasteiger partial charge in [-0.15, -0.1) is 0 Å². The van der Waals surface area contributed by atoms with Crippen molar-refractivity contribution < 1.29 is 176 Å². The van der Waals surface area contributed by atoms with Crippen LogP contribution in [0.2, 0.25) is 0 Å². The molecule has 3 aliphatic rings. The molecule has 3 fully saturated rings. The number of rotatable bonds is 55. The third kappa shape index (κ3) is 40.9. The topological polar surface area (TPSA) is 565 Å². The van der Waals surface area contributed by atoms with Gasteiger partial charge in [0.05, 0.1) is 99.1 Å². The normalized spacial score (nSPS) is 23.5. The number of carbonyl (C=O) groups is 15. The van der Waals surface area contributed by atoms with E-state index in [1.54, 1.807) is 0 Å². The van der Waals surface area contributed by atoms with Crippen LogP contribution in [0, 0.1) is 10.1 Å². The Kier molecular flexibility index (Phi) is 47.7. The van der Waals surface area contributed by atoms with E-state index in [9.17, 15) is 82.0 Å². The van der Waals surface area contributed by atoms with Crippen molar-refractivity contribution in [1.82, 2.24) is 31.9 Å². The van der Waals surface area contributed by atoms with E-state index < -0.39 is 250 Å². The highest BCUT2D eigenvalue weighted by atomic mass is 16.7. The molecule has 0 spiro atoms. The Balaban J connectivity index is 1.56. The average Bonchev–Trinajstić information content (AvgIpc) is 0.798. The number of nitro groups is 1. The van der Waals surface area contributed by atoms with Gasteiger partial charge >= 0.3 is 53.7 Å². The second-order valence-corrected chi connectivity index (χ2v) is 26.0. The zero-order valence-electron chi connectivity index (χ0n) is 66.7. The van der Waals surface area contributed by atoms with Crippen LogP contribution in [0.4, 0.5) is 0 Å². The average molecular weight is 1660 g/mol. The number of carbonyl (C=O) groups excluding carboxylic acids is 15.